The first-order valence-electron chi connectivity index (χ1n) is 12.1. The highest BCUT2D eigenvalue weighted by atomic mass is 32.2. The standard InChI is InChI=1S/C24H35F3N4O6SSi/c1-15(32)29-20-16(9-8-10-28-21(33)24(25,26)27)12-31(22(34)30-20)19-11-17(35-14-38-5)18(37-19)13-36-39(6,7)23(2,3)4/h12,17-19H,10-11,13-14H2,1-7H3,(H,28,33)(H,29,30,32,34). The first kappa shape index (κ1) is 32.8. The van der Waals surface area contributed by atoms with E-state index in [0.717, 1.165) is 0 Å². The zero-order chi connectivity index (χ0) is 29.6. The highest BCUT2D eigenvalue weighted by molar-refractivity contribution is 7.98. The van der Waals surface area contributed by atoms with Gasteiger partial charge in [-0.05, 0) is 24.4 Å². The lowest BCUT2D eigenvalue weighted by molar-refractivity contribution is -0.173. The van der Waals surface area contributed by atoms with Crippen LogP contribution in [0, 0.1) is 11.8 Å². The Morgan fingerprint density at radius 1 is 1.31 bits per heavy atom. The summed E-state index contributed by atoms with van der Waals surface area (Å²) < 4.78 is 56.9. The Kier molecular flexibility index (Phi) is 11.2. The van der Waals surface area contributed by atoms with E-state index < -0.39 is 50.9 Å². The number of thioether (sulfide) groups is 1. The smallest absolute Gasteiger partial charge is 0.414 e. The number of carbonyl (C=O) groups excluding carboxylic acids is 2. The Labute approximate surface area is 230 Å². The predicted octanol–water partition coefficient (Wildman–Crippen LogP) is 3.25. The van der Waals surface area contributed by atoms with Crippen LogP contribution in [0.3, 0.4) is 0 Å². The van der Waals surface area contributed by atoms with Crippen molar-refractivity contribution in [3.05, 3.63) is 22.2 Å². The normalized spacial score (nSPS) is 19.8. The van der Waals surface area contributed by atoms with Crippen LogP contribution in [-0.4, -0.2) is 73.4 Å². The van der Waals surface area contributed by atoms with E-state index in [9.17, 15) is 27.6 Å². The van der Waals surface area contributed by atoms with Crippen LogP contribution < -0.4 is 16.3 Å². The topological polar surface area (TPSA) is 121 Å². The number of aromatic nitrogens is 2. The predicted molar refractivity (Wildman–Crippen MR) is 144 cm³/mol. The molecule has 1 aliphatic rings. The minimum Gasteiger partial charge on any atom is -0.414 e. The van der Waals surface area contributed by atoms with Gasteiger partial charge in [-0.25, -0.2) is 4.79 Å². The Balaban J connectivity index is 2.33. The fourth-order valence-electron chi connectivity index (χ4n) is 3.25. The van der Waals surface area contributed by atoms with E-state index in [4.69, 9.17) is 13.9 Å². The fraction of sp³-hybridized carbons (Fsp3) is 0.667. The average Bonchev–Trinajstić information content (AvgIpc) is 3.21. The number of nitrogens with one attached hydrogen (secondary N) is 2. The van der Waals surface area contributed by atoms with E-state index in [2.05, 4.69) is 56.0 Å². The summed E-state index contributed by atoms with van der Waals surface area (Å²) in [6.45, 7) is 11.5. The summed E-state index contributed by atoms with van der Waals surface area (Å²) in [5.74, 6) is 2.52. The van der Waals surface area contributed by atoms with E-state index in [-0.39, 0.29) is 29.1 Å². The second kappa shape index (κ2) is 13.3. The van der Waals surface area contributed by atoms with Crippen LogP contribution >= 0.6 is 11.8 Å². The second-order valence-electron chi connectivity index (χ2n) is 10.4. The lowest BCUT2D eigenvalue weighted by Crippen LogP contribution is -2.44. The number of anilines is 1. The zero-order valence-corrected chi connectivity index (χ0v) is 24.8. The summed E-state index contributed by atoms with van der Waals surface area (Å²) >= 11 is 1.49. The van der Waals surface area contributed by atoms with Gasteiger partial charge in [-0.2, -0.15) is 18.2 Å². The van der Waals surface area contributed by atoms with Crippen LogP contribution in [0.1, 0.15) is 45.9 Å². The van der Waals surface area contributed by atoms with Crippen molar-refractivity contribution in [3.8, 4) is 11.8 Å². The zero-order valence-electron chi connectivity index (χ0n) is 23.0. The van der Waals surface area contributed by atoms with Gasteiger partial charge in [-0.1, -0.05) is 32.6 Å². The number of nitrogens with zero attached hydrogens (tertiary/aromatic N) is 2. The van der Waals surface area contributed by atoms with Gasteiger partial charge in [0.05, 0.1) is 30.8 Å². The molecule has 1 aromatic rings. The van der Waals surface area contributed by atoms with Crippen LogP contribution in [0.5, 0.6) is 0 Å². The third-order valence-electron chi connectivity index (χ3n) is 6.37. The highest BCUT2D eigenvalue weighted by Gasteiger charge is 2.42. The largest absolute Gasteiger partial charge is 0.471 e. The first-order chi connectivity index (χ1) is 18.0. The van der Waals surface area contributed by atoms with Gasteiger partial charge in [-0.3, -0.25) is 14.2 Å². The van der Waals surface area contributed by atoms with Crippen molar-refractivity contribution in [2.45, 2.75) is 76.9 Å². The summed E-state index contributed by atoms with van der Waals surface area (Å²) in [6, 6.07) is 0. The van der Waals surface area contributed by atoms with Crippen molar-refractivity contribution >= 4 is 37.7 Å². The molecule has 1 aromatic heterocycles. The molecule has 0 radical (unpaired) electrons. The highest BCUT2D eigenvalue weighted by Crippen LogP contribution is 2.38. The number of rotatable bonds is 9. The van der Waals surface area contributed by atoms with Crippen LogP contribution in [0.2, 0.25) is 18.1 Å². The van der Waals surface area contributed by atoms with Crippen molar-refractivity contribution < 1.29 is 36.7 Å². The van der Waals surface area contributed by atoms with E-state index in [1.165, 1.54) is 29.4 Å². The van der Waals surface area contributed by atoms with Crippen molar-refractivity contribution in [3.63, 3.8) is 0 Å². The Morgan fingerprint density at radius 3 is 2.54 bits per heavy atom. The van der Waals surface area contributed by atoms with Gasteiger partial charge in [0.25, 0.3) is 0 Å². The number of ether oxygens (including phenoxy) is 2. The van der Waals surface area contributed by atoms with Crippen molar-refractivity contribution in [2.75, 3.05) is 30.7 Å². The van der Waals surface area contributed by atoms with Gasteiger partial charge in [0.2, 0.25) is 5.91 Å². The van der Waals surface area contributed by atoms with Crippen molar-refractivity contribution in [1.82, 2.24) is 14.9 Å². The van der Waals surface area contributed by atoms with Crippen molar-refractivity contribution in [1.29, 1.82) is 0 Å². The molecular weight excluding hydrogens is 557 g/mol. The third-order valence-corrected chi connectivity index (χ3v) is 11.2. The number of amides is 2. The molecule has 0 aromatic carbocycles. The third kappa shape index (κ3) is 9.35. The van der Waals surface area contributed by atoms with E-state index in [0.29, 0.717) is 12.4 Å². The van der Waals surface area contributed by atoms with E-state index in [1.807, 2.05) is 6.26 Å². The van der Waals surface area contributed by atoms with E-state index in [1.54, 1.807) is 5.32 Å². The number of hydrogen-bond donors (Lipinski definition) is 2. The number of alkyl halides is 3. The molecule has 1 fully saturated rings. The molecule has 2 amide bonds. The van der Waals surface area contributed by atoms with Gasteiger partial charge in [0.15, 0.2) is 14.1 Å². The molecule has 1 aliphatic heterocycles. The van der Waals surface area contributed by atoms with Crippen LogP contribution in [-0.2, 0) is 23.5 Å². The maximum absolute atomic E-state index is 12.9. The molecule has 2 heterocycles. The van der Waals surface area contributed by atoms with Gasteiger partial charge >= 0.3 is 17.8 Å². The monoisotopic (exact) mass is 592 g/mol. The molecule has 0 bridgehead atoms. The lowest BCUT2D eigenvalue weighted by atomic mass is 10.2. The quantitative estimate of drug-likeness (QED) is 0.255. The Hall–Kier alpha value is -2.38. The number of carbonyl (C=O) groups is 2. The molecule has 10 nitrogen and oxygen atoms in total. The van der Waals surface area contributed by atoms with Gasteiger partial charge in [0, 0.05) is 19.5 Å². The number of halogens is 3. The summed E-state index contributed by atoms with van der Waals surface area (Å²) in [5.41, 5.74) is -0.675. The summed E-state index contributed by atoms with van der Waals surface area (Å²) in [7, 11) is -2.10. The van der Waals surface area contributed by atoms with Crippen LogP contribution in [0.25, 0.3) is 0 Å². The number of hydrogen-bond acceptors (Lipinski definition) is 8. The molecule has 3 unspecified atom stereocenters. The molecule has 1 saturated heterocycles. The maximum atomic E-state index is 12.9. The molecule has 0 saturated carbocycles. The summed E-state index contributed by atoms with van der Waals surface area (Å²) in [5, 5.41) is 4.00. The average molecular weight is 593 g/mol. The van der Waals surface area contributed by atoms with E-state index >= 15 is 0 Å². The van der Waals surface area contributed by atoms with Gasteiger partial charge < -0.3 is 24.5 Å². The van der Waals surface area contributed by atoms with Crippen molar-refractivity contribution in [2.24, 2.45) is 0 Å². The maximum Gasteiger partial charge on any atom is 0.471 e. The molecule has 2 N–H and O–H groups in total. The molecular formula is C24H35F3N4O6SSi. The lowest BCUT2D eigenvalue weighted by Gasteiger charge is -2.37. The minimum absolute atomic E-state index is 0.0197. The first-order valence-corrected chi connectivity index (χ1v) is 16.4. The fourth-order valence-corrected chi connectivity index (χ4v) is 4.58. The Bertz CT molecular complexity index is 1160. The molecule has 2 rings (SSSR count). The second-order valence-corrected chi connectivity index (χ2v) is 16.0. The molecule has 3 atom stereocenters. The summed E-state index contributed by atoms with van der Waals surface area (Å²) in [4.78, 5) is 39.4. The SMILES string of the molecule is CSCOC1CC(n2cc(C#CCNC(=O)C(F)(F)F)c(NC(C)=O)nc2=O)OC1CO[Si](C)(C)C(C)(C)C. The molecule has 218 valence electrons. The molecule has 0 spiro atoms. The molecule has 15 heteroatoms. The molecule has 0 aliphatic carbocycles. The van der Waals surface area contributed by atoms with Crippen LogP contribution in [0.4, 0.5) is 19.0 Å². The van der Waals surface area contributed by atoms with Gasteiger partial charge in [0.1, 0.15) is 12.3 Å². The summed E-state index contributed by atoms with van der Waals surface area (Å²) in [6.07, 6.45) is -3.16. The minimum atomic E-state index is -5.04. The Morgan fingerprint density at radius 2 is 1.97 bits per heavy atom. The van der Waals surface area contributed by atoms with Gasteiger partial charge in [-0.15, -0.1) is 11.8 Å². The van der Waals surface area contributed by atoms with Crippen LogP contribution in [0.15, 0.2) is 11.0 Å². The molecule has 39 heavy (non-hydrogen) atoms.